The van der Waals surface area contributed by atoms with Gasteiger partial charge in [-0.1, -0.05) is 53.5 Å². The third-order valence-corrected chi connectivity index (χ3v) is 3.82. The Labute approximate surface area is 126 Å². The van der Waals surface area contributed by atoms with E-state index in [1.54, 1.807) is 10.9 Å². The number of nitrogens with zero attached hydrogens (tertiary/aromatic N) is 2. The first-order valence-corrected chi connectivity index (χ1v) is 6.97. The van der Waals surface area contributed by atoms with Gasteiger partial charge in [0.2, 0.25) is 0 Å². The summed E-state index contributed by atoms with van der Waals surface area (Å²) in [7, 11) is 0. The van der Waals surface area contributed by atoms with Crippen LogP contribution in [0.3, 0.4) is 0 Å². The Kier molecular flexibility index (Phi) is 3.81. The van der Waals surface area contributed by atoms with Gasteiger partial charge in [0.15, 0.2) is 5.15 Å². The third kappa shape index (κ3) is 2.74. The van der Waals surface area contributed by atoms with Gasteiger partial charge in [-0.2, -0.15) is 0 Å². The molecule has 0 saturated carbocycles. The Hall–Kier alpha value is -1.71. The smallest absolute Gasteiger partial charge is 0.166 e. The minimum Gasteiger partial charge on any atom is -0.492 e. The molecule has 1 aromatic heterocycles. The lowest BCUT2D eigenvalue weighted by molar-refractivity contribution is 0.299. The molecule has 0 atom stereocenters. The molecular weight excluding hydrogens is 295 g/mol. The number of hydrogen-bond donors (Lipinski definition) is 0. The van der Waals surface area contributed by atoms with Gasteiger partial charge >= 0.3 is 0 Å². The lowest BCUT2D eigenvalue weighted by atomic mass is 10.1. The molecule has 0 radical (unpaired) electrons. The Morgan fingerprint density at radius 2 is 1.85 bits per heavy atom. The Balaban J connectivity index is 1.66. The number of imidazole rings is 1. The molecule has 0 spiro atoms. The zero-order valence-electron chi connectivity index (χ0n) is 10.6. The molecular formula is C15H12Cl2N2O. The van der Waals surface area contributed by atoms with Gasteiger partial charge in [0.25, 0.3) is 0 Å². The normalized spacial score (nSPS) is 10.9. The van der Waals surface area contributed by atoms with Gasteiger partial charge in [-0.05, 0) is 22.9 Å². The SMILES string of the molecule is Clc1ncn(CCOc2ccc3ccccc3c2)c1Cl. The molecule has 0 saturated heterocycles. The van der Waals surface area contributed by atoms with Crippen LogP contribution >= 0.6 is 23.2 Å². The first-order valence-electron chi connectivity index (χ1n) is 6.22. The highest BCUT2D eigenvalue weighted by Gasteiger charge is 2.05. The van der Waals surface area contributed by atoms with Crippen LogP contribution < -0.4 is 4.74 Å². The highest BCUT2D eigenvalue weighted by molar-refractivity contribution is 6.40. The van der Waals surface area contributed by atoms with Crippen LogP contribution in [0.5, 0.6) is 5.75 Å². The average molecular weight is 307 g/mol. The molecule has 0 aliphatic carbocycles. The number of fused-ring (bicyclic) bond motifs is 1. The molecule has 0 amide bonds. The lowest BCUT2D eigenvalue weighted by Crippen LogP contribution is -2.07. The van der Waals surface area contributed by atoms with Crippen molar-refractivity contribution in [3.8, 4) is 5.75 Å². The van der Waals surface area contributed by atoms with Gasteiger partial charge in [0, 0.05) is 0 Å². The minimum absolute atomic E-state index is 0.317. The number of rotatable bonds is 4. The van der Waals surface area contributed by atoms with E-state index in [0.717, 1.165) is 11.1 Å². The fourth-order valence-corrected chi connectivity index (χ4v) is 2.35. The van der Waals surface area contributed by atoms with Crippen molar-refractivity contribution in [2.45, 2.75) is 6.54 Å². The summed E-state index contributed by atoms with van der Waals surface area (Å²) in [5, 5.41) is 3.11. The molecule has 3 aromatic rings. The van der Waals surface area contributed by atoms with Gasteiger partial charge in [-0.25, -0.2) is 4.98 Å². The van der Waals surface area contributed by atoms with Crippen molar-refractivity contribution in [1.29, 1.82) is 0 Å². The van der Waals surface area contributed by atoms with Gasteiger partial charge in [-0.15, -0.1) is 0 Å². The molecule has 3 rings (SSSR count). The summed E-state index contributed by atoms with van der Waals surface area (Å²) in [6, 6.07) is 14.2. The number of ether oxygens (including phenoxy) is 1. The van der Waals surface area contributed by atoms with Crippen molar-refractivity contribution in [2.75, 3.05) is 6.61 Å². The van der Waals surface area contributed by atoms with Crippen molar-refractivity contribution in [2.24, 2.45) is 0 Å². The van der Waals surface area contributed by atoms with Gasteiger partial charge < -0.3 is 9.30 Å². The summed E-state index contributed by atoms with van der Waals surface area (Å²) in [4.78, 5) is 3.92. The molecule has 0 fully saturated rings. The molecule has 20 heavy (non-hydrogen) atoms. The van der Waals surface area contributed by atoms with Crippen LogP contribution in [-0.2, 0) is 6.54 Å². The van der Waals surface area contributed by atoms with Gasteiger partial charge in [-0.3, -0.25) is 0 Å². The molecule has 0 N–H and O–H groups in total. The summed E-state index contributed by atoms with van der Waals surface area (Å²) < 4.78 is 7.49. The number of benzene rings is 2. The van der Waals surface area contributed by atoms with Gasteiger partial charge in [0.1, 0.15) is 17.5 Å². The molecule has 5 heteroatoms. The fraction of sp³-hybridized carbons (Fsp3) is 0.133. The second-order valence-electron chi connectivity index (χ2n) is 4.38. The van der Waals surface area contributed by atoms with E-state index in [1.807, 2.05) is 30.3 Å². The van der Waals surface area contributed by atoms with Crippen LogP contribution in [0, 0.1) is 0 Å². The van der Waals surface area contributed by atoms with E-state index in [1.165, 1.54) is 5.39 Å². The zero-order valence-corrected chi connectivity index (χ0v) is 12.1. The number of aromatic nitrogens is 2. The second-order valence-corrected chi connectivity index (χ2v) is 5.09. The van der Waals surface area contributed by atoms with Gasteiger partial charge in [0.05, 0.1) is 12.9 Å². The van der Waals surface area contributed by atoms with E-state index >= 15 is 0 Å². The summed E-state index contributed by atoms with van der Waals surface area (Å²) in [6.45, 7) is 1.11. The van der Waals surface area contributed by atoms with E-state index in [4.69, 9.17) is 27.9 Å². The van der Waals surface area contributed by atoms with Crippen LogP contribution in [0.2, 0.25) is 10.3 Å². The molecule has 102 valence electrons. The van der Waals surface area contributed by atoms with E-state index in [2.05, 4.69) is 17.1 Å². The Morgan fingerprint density at radius 1 is 1.05 bits per heavy atom. The zero-order chi connectivity index (χ0) is 13.9. The predicted molar refractivity (Wildman–Crippen MR) is 81.7 cm³/mol. The summed E-state index contributed by atoms with van der Waals surface area (Å²) >= 11 is 11.8. The van der Waals surface area contributed by atoms with Crippen LogP contribution in [0.15, 0.2) is 48.8 Å². The third-order valence-electron chi connectivity index (χ3n) is 3.05. The van der Waals surface area contributed by atoms with Crippen LogP contribution in [0.4, 0.5) is 0 Å². The molecule has 0 aliphatic rings. The maximum Gasteiger partial charge on any atom is 0.166 e. The second kappa shape index (κ2) is 5.73. The summed E-state index contributed by atoms with van der Waals surface area (Å²) in [6.07, 6.45) is 1.61. The van der Waals surface area contributed by atoms with Crippen molar-refractivity contribution < 1.29 is 4.74 Å². The quantitative estimate of drug-likeness (QED) is 0.713. The van der Waals surface area contributed by atoms with Crippen LogP contribution in [0.1, 0.15) is 0 Å². The van der Waals surface area contributed by atoms with Crippen LogP contribution in [-0.4, -0.2) is 16.2 Å². The highest BCUT2D eigenvalue weighted by atomic mass is 35.5. The largest absolute Gasteiger partial charge is 0.492 e. The first-order chi connectivity index (χ1) is 9.74. The Morgan fingerprint density at radius 3 is 2.60 bits per heavy atom. The molecule has 2 aromatic carbocycles. The standard InChI is InChI=1S/C15H12Cl2N2O/c16-14-15(17)19(10-18-14)7-8-20-13-6-5-11-3-1-2-4-12(11)9-13/h1-6,9-10H,7-8H2. The van der Waals surface area contributed by atoms with Crippen molar-refractivity contribution in [1.82, 2.24) is 9.55 Å². The Bertz CT molecular complexity index is 740. The highest BCUT2D eigenvalue weighted by Crippen LogP contribution is 2.21. The maximum atomic E-state index is 5.98. The number of halogens is 2. The summed E-state index contributed by atoms with van der Waals surface area (Å²) in [5.74, 6) is 0.839. The van der Waals surface area contributed by atoms with E-state index in [0.29, 0.717) is 23.5 Å². The molecule has 0 bridgehead atoms. The summed E-state index contributed by atoms with van der Waals surface area (Å²) in [5.41, 5.74) is 0. The average Bonchev–Trinajstić information content (AvgIpc) is 2.79. The topological polar surface area (TPSA) is 27.1 Å². The van der Waals surface area contributed by atoms with E-state index in [-0.39, 0.29) is 0 Å². The van der Waals surface area contributed by atoms with Crippen molar-refractivity contribution in [3.63, 3.8) is 0 Å². The van der Waals surface area contributed by atoms with Crippen molar-refractivity contribution >= 4 is 34.0 Å². The molecule has 3 nitrogen and oxygen atoms in total. The fourth-order valence-electron chi connectivity index (χ4n) is 2.02. The van der Waals surface area contributed by atoms with E-state index < -0.39 is 0 Å². The van der Waals surface area contributed by atoms with Crippen LogP contribution in [0.25, 0.3) is 10.8 Å². The number of hydrogen-bond acceptors (Lipinski definition) is 2. The minimum atomic E-state index is 0.317. The van der Waals surface area contributed by atoms with E-state index in [9.17, 15) is 0 Å². The first kappa shape index (κ1) is 13.3. The predicted octanol–water partition coefficient (Wildman–Crippen LogP) is 4.42. The molecule has 0 unspecified atom stereocenters. The lowest BCUT2D eigenvalue weighted by Gasteiger charge is -2.08. The maximum absolute atomic E-state index is 5.98. The molecule has 1 heterocycles. The monoisotopic (exact) mass is 306 g/mol. The molecule has 0 aliphatic heterocycles. The van der Waals surface area contributed by atoms with Crippen molar-refractivity contribution in [3.05, 3.63) is 59.1 Å².